The molecule has 1 saturated heterocycles. The molecule has 0 saturated carbocycles. The molecule has 3 N–H and O–H groups in total. The molecule has 1 heterocycles. The van der Waals surface area contributed by atoms with Crippen LogP contribution in [0.1, 0.15) is 19.8 Å². The summed E-state index contributed by atoms with van der Waals surface area (Å²) in [5, 5.41) is 18.9. The molecule has 0 bridgehead atoms. The first-order valence-electron chi connectivity index (χ1n) is 5.25. The Morgan fingerprint density at radius 1 is 1.50 bits per heavy atom. The van der Waals surface area contributed by atoms with E-state index >= 15 is 0 Å². The van der Waals surface area contributed by atoms with E-state index in [1.54, 1.807) is 6.92 Å². The molecule has 1 rings (SSSR count). The molecule has 0 aromatic carbocycles. The molecule has 1 fully saturated rings. The largest absolute Gasteiger partial charge is 0.390 e. The number of ether oxygens (including phenoxy) is 1. The zero-order valence-corrected chi connectivity index (χ0v) is 10.3. The molecule has 0 spiro atoms. The average molecular weight is 254 g/mol. The first-order chi connectivity index (χ1) is 7.35. The minimum Gasteiger partial charge on any atom is -0.390 e. The Morgan fingerprint density at radius 3 is 2.62 bits per heavy atom. The standard InChI is InChI=1S/C9H19O6P/c1-6-9(11)8(10)5-7(15-6)3-4-16(12,13)14-2/h6-11H,3-5H2,1-2H3,(H,12,13)/t6-,7+,8?,9-/m0/s1. The molecule has 7 heteroatoms. The number of hydrogen-bond donors (Lipinski definition) is 3. The molecule has 96 valence electrons. The minimum absolute atomic E-state index is 0.0102. The zero-order chi connectivity index (χ0) is 12.3. The molecule has 5 atom stereocenters. The zero-order valence-electron chi connectivity index (χ0n) is 9.44. The van der Waals surface area contributed by atoms with Gasteiger partial charge in [0.1, 0.15) is 6.10 Å². The second-order valence-corrected chi connectivity index (χ2v) is 6.18. The Labute approximate surface area is 94.7 Å². The van der Waals surface area contributed by atoms with Gasteiger partial charge in [0.2, 0.25) is 0 Å². The van der Waals surface area contributed by atoms with Crippen molar-refractivity contribution in [3.05, 3.63) is 0 Å². The van der Waals surface area contributed by atoms with Gasteiger partial charge in [0.05, 0.1) is 24.5 Å². The van der Waals surface area contributed by atoms with Crippen LogP contribution >= 0.6 is 7.60 Å². The fraction of sp³-hybridized carbons (Fsp3) is 1.00. The summed E-state index contributed by atoms with van der Waals surface area (Å²) >= 11 is 0. The summed E-state index contributed by atoms with van der Waals surface area (Å²) in [6.45, 7) is 1.66. The molecular weight excluding hydrogens is 235 g/mol. The lowest BCUT2D eigenvalue weighted by Crippen LogP contribution is -2.46. The topological polar surface area (TPSA) is 96.2 Å². The van der Waals surface area contributed by atoms with Crippen LogP contribution in [0.15, 0.2) is 0 Å². The summed E-state index contributed by atoms with van der Waals surface area (Å²) in [5.41, 5.74) is 0. The number of hydrogen-bond acceptors (Lipinski definition) is 5. The summed E-state index contributed by atoms with van der Waals surface area (Å²) in [6.07, 6.45) is -1.92. The normalized spacial score (nSPS) is 39.3. The van der Waals surface area contributed by atoms with E-state index in [-0.39, 0.29) is 18.7 Å². The van der Waals surface area contributed by atoms with Crippen molar-refractivity contribution < 1.29 is 28.9 Å². The number of aliphatic hydroxyl groups excluding tert-OH is 2. The highest BCUT2D eigenvalue weighted by Gasteiger charge is 2.34. The van der Waals surface area contributed by atoms with Crippen LogP contribution in [0.5, 0.6) is 0 Å². The highest BCUT2D eigenvalue weighted by molar-refractivity contribution is 7.52. The first kappa shape index (κ1) is 14.1. The van der Waals surface area contributed by atoms with Gasteiger partial charge in [0, 0.05) is 13.5 Å². The quantitative estimate of drug-likeness (QED) is 0.616. The van der Waals surface area contributed by atoms with E-state index < -0.39 is 25.9 Å². The molecule has 1 aliphatic rings. The van der Waals surface area contributed by atoms with Gasteiger partial charge in [-0.25, -0.2) is 0 Å². The van der Waals surface area contributed by atoms with Gasteiger partial charge in [-0.05, 0) is 13.3 Å². The SMILES string of the molecule is COP(=O)(O)CC[C@@H]1CC(O)[C@@H](O)[C@H](C)O1. The second-order valence-electron chi connectivity index (χ2n) is 4.09. The third-order valence-electron chi connectivity index (χ3n) is 2.81. The Hall–Kier alpha value is 0.0300. The van der Waals surface area contributed by atoms with Crippen LogP contribution < -0.4 is 0 Å². The highest BCUT2D eigenvalue weighted by Crippen LogP contribution is 2.42. The molecule has 0 amide bonds. The summed E-state index contributed by atoms with van der Waals surface area (Å²) in [6, 6.07) is 0. The first-order valence-corrected chi connectivity index (χ1v) is 7.01. The van der Waals surface area contributed by atoms with Crippen molar-refractivity contribution in [1.82, 2.24) is 0 Å². The van der Waals surface area contributed by atoms with E-state index in [0.29, 0.717) is 6.42 Å². The highest BCUT2D eigenvalue weighted by atomic mass is 31.2. The third kappa shape index (κ3) is 3.80. The van der Waals surface area contributed by atoms with Gasteiger partial charge in [0.25, 0.3) is 0 Å². The summed E-state index contributed by atoms with van der Waals surface area (Å²) in [7, 11) is -2.33. The van der Waals surface area contributed by atoms with E-state index in [1.807, 2.05) is 0 Å². The van der Waals surface area contributed by atoms with Crippen molar-refractivity contribution in [2.75, 3.05) is 13.3 Å². The molecule has 6 nitrogen and oxygen atoms in total. The molecule has 0 radical (unpaired) electrons. The van der Waals surface area contributed by atoms with Crippen LogP contribution in [-0.4, -0.2) is 52.8 Å². The fourth-order valence-corrected chi connectivity index (χ4v) is 2.54. The molecule has 0 aromatic rings. The van der Waals surface area contributed by atoms with Crippen molar-refractivity contribution >= 4 is 7.60 Å². The predicted octanol–water partition coefficient (Wildman–Crippen LogP) is 0.108. The van der Waals surface area contributed by atoms with Crippen LogP contribution in [0.25, 0.3) is 0 Å². The van der Waals surface area contributed by atoms with Gasteiger partial charge in [-0.1, -0.05) is 0 Å². The Morgan fingerprint density at radius 2 is 2.12 bits per heavy atom. The molecule has 0 aromatic heterocycles. The maximum Gasteiger partial charge on any atom is 0.327 e. The van der Waals surface area contributed by atoms with Crippen molar-refractivity contribution in [1.29, 1.82) is 0 Å². The van der Waals surface area contributed by atoms with Crippen LogP contribution in [0, 0.1) is 0 Å². The lowest BCUT2D eigenvalue weighted by molar-refractivity contribution is -0.161. The van der Waals surface area contributed by atoms with Crippen LogP contribution in [-0.2, 0) is 13.8 Å². The Balaban J connectivity index is 2.42. The van der Waals surface area contributed by atoms with Crippen molar-refractivity contribution in [3.63, 3.8) is 0 Å². The number of aliphatic hydroxyl groups is 2. The van der Waals surface area contributed by atoms with Gasteiger partial charge in [-0.3, -0.25) is 4.57 Å². The summed E-state index contributed by atoms with van der Waals surface area (Å²) < 4.78 is 21.1. The van der Waals surface area contributed by atoms with Gasteiger partial charge >= 0.3 is 7.60 Å². The van der Waals surface area contributed by atoms with Crippen LogP contribution in [0.3, 0.4) is 0 Å². The maximum atomic E-state index is 11.2. The smallest absolute Gasteiger partial charge is 0.327 e. The third-order valence-corrected chi connectivity index (χ3v) is 4.20. The molecule has 0 aliphatic carbocycles. The Bertz CT molecular complexity index is 259. The number of rotatable bonds is 4. The van der Waals surface area contributed by atoms with Gasteiger partial charge in [-0.15, -0.1) is 0 Å². The van der Waals surface area contributed by atoms with Crippen molar-refractivity contribution in [3.8, 4) is 0 Å². The van der Waals surface area contributed by atoms with Crippen LogP contribution in [0.4, 0.5) is 0 Å². The van der Waals surface area contributed by atoms with Gasteiger partial charge < -0.3 is 24.4 Å². The maximum absolute atomic E-state index is 11.2. The van der Waals surface area contributed by atoms with Gasteiger partial charge in [-0.2, -0.15) is 0 Å². The van der Waals surface area contributed by atoms with Crippen LogP contribution in [0.2, 0.25) is 0 Å². The second kappa shape index (κ2) is 5.58. The summed E-state index contributed by atoms with van der Waals surface area (Å²) in [4.78, 5) is 9.20. The average Bonchev–Trinajstić information content (AvgIpc) is 2.23. The molecule has 1 aliphatic heterocycles. The summed E-state index contributed by atoms with van der Waals surface area (Å²) in [5.74, 6) is 0. The van der Waals surface area contributed by atoms with E-state index in [4.69, 9.17) is 4.74 Å². The molecule has 16 heavy (non-hydrogen) atoms. The fourth-order valence-electron chi connectivity index (χ4n) is 1.75. The van der Waals surface area contributed by atoms with E-state index in [0.717, 1.165) is 0 Å². The van der Waals surface area contributed by atoms with E-state index in [9.17, 15) is 19.7 Å². The van der Waals surface area contributed by atoms with E-state index in [2.05, 4.69) is 4.52 Å². The van der Waals surface area contributed by atoms with Gasteiger partial charge in [0.15, 0.2) is 0 Å². The van der Waals surface area contributed by atoms with Crippen molar-refractivity contribution in [2.24, 2.45) is 0 Å². The molecule has 2 unspecified atom stereocenters. The molecular formula is C9H19O6P. The monoisotopic (exact) mass is 254 g/mol. The lowest BCUT2D eigenvalue weighted by atomic mass is 9.97. The predicted molar refractivity (Wildman–Crippen MR) is 57.3 cm³/mol. The van der Waals surface area contributed by atoms with E-state index in [1.165, 1.54) is 7.11 Å². The lowest BCUT2D eigenvalue weighted by Gasteiger charge is -2.35. The Kier molecular flexibility index (Phi) is 4.91. The van der Waals surface area contributed by atoms with Crippen molar-refractivity contribution in [2.45, 2.75) is 44.2 Å². The minimum atomic E-state index is -3.52.